The molecule has 156 valence electrons. The number of hydrogen-bond donors (Lipinski definition) is 1. The van der Waals surface area contributed by atoms with Crippen LogP contribution < -0.4 is 0 Å². The highest BCUT2D eigenvalue weighted by Gasteiger charge is 2.56. The number of carboxylic acids is 1. The van der Waals surface area contributed by atoms with Gasteiger partial charge >= 0.3 is 5.97 Å². The first-order chi connectivity index (χ1) is 13.1. The van der Waals surface area contributed by atoms with E-state index in [-0.39, 0.29) is 17.9 Å². The maximum absolute atomic E-state index is 10.9. The van der Waals surface area contributed by atoms with Crippen molar-refractivity contribution in [2.24, 2.45) is 5.41 Å². The van der Waals surface area contributed by atoms with Crippen molar-refractivity contribution < 1.29 is 14.6 Å². The van der Waals surface area contributed by atoms with E-state index in [9.17, 15) is 4.79 Å². The lowest BCUT2D eigenvalue weighted by atomic mass is 9.71. The van der Waals surface area contributed by atoms with Gasteiger partial charge in [-0.1, -0.05) is 84.1 Å². The molecule has 2 fully saturated rings. The van der Waals surface area contributed by atoms with E-state index in [1.54, 1.807) is 0 Å². The molecule has 1 aliphatic heterocycles. The Morgan fingerprint density at radius 2 is 1.67 bits per heavy atom. The lowest BCUT2D eigenvalue weighted by Gasteiger charge is -2.31. The number of allylic oxidation sites excluding steroid dienone is 1. The fraction of sp³-hybridized carbons (Fsp3) is 0.875. The normalized spacial score (nSPS) is 28.3. The minimum absolute atomic E-state index is 0.0664. The van der Waals surface area contributed by atoms with E-state index >= 15 is 0 Å². The van der Waals surface area contributed by atoms with Gasteiger partial charge in [-0.3, -0.25) is 4.79 Å². The summed E-state index contributed by atoms with van der Waals surface area (Å²) in [5.41, 5.74) is 1.55. The molecule has 3 heteroatoms. The number of rotatable bonds is 15. The van der Waals surface area contributed by atoms with Crippen LogP contribution in [0.1, 0.15) is 117 Å². The summed E-state index contributed by atoms with van der Waals surface area (Å²) in [7, 11) is 0. The van der Waals surface area contributed by atoms with Crippen LogP contribution in [0.5, 0.6) is 0 Å². The number of carboxylic acid groups (broad SMARTS) is 1. The Labute approximate surface area is 167 Å². The van der Waals surface area contributed by atoms with Gasteiger partial charge in [0.15, 0.2) is 0 Å². The van der Waals surface area contributed by atoms with Crippen LogP contribution in [0.15, 0.2) is 11.6 Å². The highest BCUT2D eigenvalue weighted by Crippen LogP contribution is 2.53. The molecule has 0 radical (unpaired) electrons. The lowest BCUT2D eigenvalue weighted by molar-refractivity contribution is -0.137. The van der Waals surface area contributed by atoms with Crippen LogP contribution in [0.4, 0.5) is 0 Å². The molecule has 1 heterocycles. The van der Waals surface area contributed by atoms with E-state index in [1.165, 1.54) is 82.6 Å². The van der Waals surface area contributed by atoms with Crippen molar-refractivity contribution >= 4 is 5.97 Å². The second-order valence-corrected chi connectivity index (χ2v) is 9.13. The van der Waals surface area contributed by atoms with E-state index in [0.29, 0.717) is 6.10 Å². The van der Waals surface area contributed by atoms with E-state index in [4.69, 9.17) is 9.84 Å². The molecule has 1 aliphatic carbocycles. The second kappa shape index (κ2) is 11.9. The summed E-state index contributed by atoms with van der Waals surface area (Å²) >= 11 is 0. The Bertz CT molecular complexity index is 470. The third kappa shape index (κ3) is 7.97. The Hall–Kier alpha value is -0.830. The van der Waals surface area contributed by atoms with Crippen LogP contribution in [-0.4, -0.2) is 23.3 Å². The van der Waals surface area contributed by atoms with Gasteiger partial charge in [0.05, 0.1) is 6.10 Å². The van der Waals surface area contributed by atoms with Crippen LogP contribution in [0, 0.1) is 5.41 Å². The van der Waals surface area contributed by atoms with Crippen molar-refractivity contribution in [3.63, 3.8) is 0 Å². The molecule has 0 amide bonds. The minimum Gasteiger partial charge on any atom is -0.481 e. The van der Waals surface area contributed by atoms with Gasteiger partial charge in [0, 0.05) is 6.42 Å². The molecule has 0 aromatic rings. The molecule has 1 saturated heterocycles. The van der Waals surface area contributed by atoms with Gasteiger partial charge < -0.3 is 9.84 Å². The molecule has 0 unspecified atom stereocenters. The largest absolute Gasteiger partial charge is 0.481 e. The number of aliphatic carboxylic acids is 1. The molecule has 1 saturated carbocycles. The van der Waals surface area contributed by atoms with E-state index in [2.05, 4.69) is 19.9 Å². The number of ether oxygens (including phenoxy) is 1. The van der Waals surface area contributed by atoms with Crippen molar-refractivity contribution in [2.45, 2.75) is 129 Å². The molecule has 3 atom stereocenters. The first-order valence-corrected chi connectivity index (χ1v) is 11.6. The summed E-state index contributed by atoms with van der Waals surface area (Å²) in [5.74, 6) is -0.689. The van der Waals surface area contributed by atoms with E-state index in [1.807, 2.05) is 0 Å². The maximum Gasteiger partial charge on any atom is 0.303 e. The first-order valence-electron chi connectivity index (χ1n) is 11.6. The van der Waals surface area contributed by atoms with Crippen LogP contribution in [0.25, 0.3) is 0 Å². The minimum atomic E-state index is -0.689. The fourth-order valence-electron chi connectivity index (χ4n) is 4.61. The van der Waals surface area contributed by atoms with Crippen molar-refractivity contribution in [1.82, 2.24) is 0 Å². The van der Waals surface area contributed by atoms with Gasteiger partial charge in [-0.15, -0.1) is 0 Å². The molecule has 2 aliphatic rings. The molecular formula is C24H42O3. The molecule has 0 aromatic carbocycles. The molecule has 1 N–H and O–H groups in total. The number of unbranched alkanes of at least 4 members (excludes halogenated alkanes) is 11. The van der Waals surface area contributed by atoms with E-state index < -0.39 is 5.97 Å². The fourth-order valence-corrected chi connectivity index (χ4v) is 4.61. The maximum atomic E-state index is 10.9. The van der Waals surface area contributed by atoms with Gasteiger partial charge in [-0.2, -0.15) is 0 Å². The molecule has 0 aromatic heterocycles. The number of fused-ring (bicyclic) bond motifs is 1. The average molecular weight is 379 g/mol. The van der Waals surface area contributed by atoms with Crippen molar-refractivity contribution in [1.29, 1.82) is 0 Å². The predicted octanol–water partition coefficient (Wildman–Crippen LogP) is 7.05. The van der Waals surface area contributed by atoms with Gasteiger partial charge in [0.2, 0.25) is 0 Å². The molecule has 3 nitrogen and oxygen atoms in total. The Balaban J connectivity index is 1.48. The van der Waals surface area contributed by atoms with Gasteiger partial charge in [0.25, 0.3) is 0 Å². The Morgan fingerprint density at radius 1 is 1.07 bits per heavy atom. The third-order valence-electron chi connectivity index (χ3n) is 6.65. The molecule has 0 spiro atoms. The van der Waals surface area contributed by atoms with Crippen LogP contribution >= 0.6 is 0 Å². The average Bonchev–Trinajstić information content (AvgIpc) is 3.45. The monoisotopic (exact) mass is 378 g/mol. The smallest absolute Gasteiger partial charge is 0.303 e. The predicted molar refractivity (Wildman–Crippen MR) is 112 cm³/mol. The Morgan fingerprint density at radius 3 is 2.26 bits per heavy atom. The molecule has 2 rings (SSSR count). The van der Waals surface area contributed by atoms with Crippen molar-refractivity contribution in [3.05, 3.63) is 11.6 Å². The number of carbonyl (C=O) groups is 1. The zero-order chi connectivity index (χ0) is 19.5. The molecule has 27 heavy (non-hydrogen) atoms. The third-order valence-corrected chi connectivity index (χ3v) is 6.65. The highest BCUT2D eigenvalue weighted by atomic mass is 16.6. The van der Waals surface area contributed by atoms with Crippen LogP contribution in [-0.2, 0) is 9.53 Å². The van der Waals surface area contributed by atoms with Crippen molar-refractivity contribution in [2.75, 3.05) is 0 Å². The summed E-state index contributed by atoms with van der Waals surface area (Å²) < 4.78 is 5.93. The van der Waals surface area contributed by atoms with Gasteiger partial charge in [-0.25, -0.2) is 0 Å². The summed E-state index contributed by atoms with van der Waals surface area (Å²) in [6.45, 7) is 4.49. The highest BCUT2D eigenvalue weighted by molar-refractivity contribution is 5.66. The lowest BCUT2D eigenvalue weighted by Crippen LogP contribution is -2.30. The zero-order valence-corrected chi connectivity index (χ0v) is 17.8. The quantitative estimate of drug-likeness (QED) is 0.189. The number of epoxide rings is 1. The van der Waals surface area contributed by atoms with Crippen LogP contribution in [0.3, 0.4) is 0 Å². The van der Waals surface area contributed by atoms with Gasteiger partial charge in [-0.05, 0) is 43.1 Å². The SMILES string of the molecule is CCCCCCCCCCCCCC=C1CC[C@@](C)(CCC(=O)O)[C@@H]2O[C@H]12. The van der Waals surface area contributed by atoms with Crippen molar-refractivity contribution in [3.8, 4) is 0 Å². The number of hydrogen-bond acceptors (Lipinski definition) is 2. The standard InChI is InChI=1S/C24H42O3/c1-3-4-5-6-7-8-9-10-11-12-13-14-15-20-16-18-24(2,19-17-21(25)26)23-22(20)27-23/h15,22-23H,3-14,16-19H2,1-2H3,(H,25,26)/t22-,23-,24+/m1/s1. The molecular weight excluding hydrogens is 336 g/mol. The summed E-state index contributed by atoms with van der Waals surface area (Å²) in [6, 6.07) is 0. The first kappa shape index (κ1) is 22.5. The summed E-state index contributed by atoms with van der Waals surface area (Å²) in [5, 5.41) is 8.94. The summed E-state index contributed by atoms with van der Waals surface area (Å²) in [4.78, 5) is 10.9. The summed E-state index contributed by atoms with van der Waals surface area (Å²) in [6.07, 6.45) is 22.7. The van der Waals surface area contributed by atoms with Crippen LogP contribution in [0.2, 0.25) is 0 Å². The topological polar surface area (TPSA) is 49.8 Å². The second-order valence-electron chi connectivity index (χ2n) is 9.13. The van der Waals surface area contributed by atoms with Gasteiger partial charge in [0.1, 0.15) is 6.10 Å². The molecule has 0 bridgehead atoms. The van der Waals surface area contributed by atoms with E-state index in [0.717, 1.165) is 19.3 Å². The zero-order valence-electron chi connectivity index (χ0n) is 17.8. The Kier molecular flexibility index (Phi) is 9.89.